The molecular weight excluding hydrogens is 332 g/mol. The summed E-state index contributed by atoms with van der Waals surface area (Å²) in [7, 11) is 0. The number of carbonyl (C=O) groups is 1. The second-order valence-electron chi connectivity index (χ2n) is 8.51. The highest BCUT2D eigenvalue weighted by molar-refractivity contribution is 6.21. The first-order chi connectivity index (χ1) is 13.0. The van der Waals surface area contributed by atoms with Gasteiger partial charge in [-0.25, -0.2) is 0 Å². The van der Waals surface area contributed by atoms with E-state index in [1.54, 1.807) is 0 Å². The number of benzene rings is 1. The molecule has 0 saturated carbocycles. The van der Waals surface area contributed by atoms with Gasteiger partial charge < -0.3 is 10.2 Å². The van der Waals surface area contributed by atoms with Crippen molar-refractivity contribution in [3.8, 4) is 0 Å². The van der Waals surface area contributed by atoms with Gasteiger partial charge >= 0.3 is 0 Å². The number of carbonyl (C=O) groups excluding carboxylic acids is 1. The average molecular weight is 367 g/mol. The average Bonchev–Trinajstić information content (AvgIpc) is 3.00. The van der Waals surface area contributed by atoms with Crippen molar-refractivity contribution in [2.45, 2.75) is 57.9 Å². The van der Waals surface area contributed by atoms with Crippen molar-refractivity contribution < 1.29 is 4.79 Å². The molecule has 1 amide bonds. The molecule has 1 unspecified atom stereocenters. The standard InChI is InChI=1S/C24H34N2O/c1-5-19(6-2)25-23(27)21-17-24(22-10-8-7-9-20(21)22)12-15-26(16-13-24)14-11-18(3)4/h5,7-10,17-19H,1,6,11-16H2,2-4H3,(H,25,27). The van der Waals surface area contributed by atoms with Crippen molar-refractivity contribution in [3.63, 3.8) is 0 Å². The summed E-state index contributed by atoms with van der Waals surface area (Å²) in [6.45, 7) is 13.9. The number of amides is 1. The summed E-state index contributed by atoms with van der Waals surface area (Å²) in [6, 6.07) is 8.51. The van der Waals surface area contributed by atoms with Gasteiger partial charge in [-0.1, -0.05) is 57.2 Å². The number of piperidine rings is 1. The number of fused-ring (bicyclic) bond motifs is 2. The Bertz CT molecular complexity index is 711. The number of rotatable bonds is 7. The predicted molar refractivity (Wildman–Crippen MR) is 114 cm³/mol. The number of likely N-dealkylation sites (tertiary alicyclic amines) is 1. The maximum absolute atomic E-state index is 13.0. The van der Waals surface area contributed by atoms with Gasteiger partial charge in [0.05, 0.1) is 0 Å². The fraction of sp³-hybridized carbons (Fsp3) is 0.542. The van der Waals surface area contributed by atoms with Gasteiger partial charge in [-0.05, 0) is 62.4 Å². The maximum Gasteiger partial charge on any atom is 0.252 e. The Morgan fingerprint density at radius 3 is 2.63 bits per heavy atom. The third-order valence-corrected chi connectivity index (χ3v) is 6.23. The van der Waals surface area contributed by atoms with Crippen LogP contribution in [-0.4, -0.2) is 36.5 Å². The zero-order valence-electron chi connectivity index (χ0n) is 17.1. The molecule has 1 saturated heterocycles. The van der Waals surface area contributed by atoms with E-state index in [1.165, 1.54) is 18.5 Å². The maximum atomic E-state index is 13.0. The van der Waals surface area contributed by atoms with Gasteiger partial charge in [-0.3, -0.25) is 4.79 Å². The minimum atomic E-state index is 0.0213. The molecule has 1 aliphatic carbocycles. The van der Waals surface area contributed by atoms with Crippen LogP contribution in [0, 0.1) is 5.92 Å². The largest absolute Gasteiger partial charge is 0.346 e. The summed E-state index contributed by atoms with van der Waals surface area (Å²) in [5, 5.41) is 3.13. The van der Waals surface area contributed by atoms with Crippen LogP contribution in [0.15, 0.2) is 43.0 Å². The summed E-state index contributed by atoms with van der Waals surface area (Å²) in [6.07, 6.45) is 8.40. The molecule has 3 nitrogen and oxygen atoms in total. The first kappa shape index (κ1) is 19.9. The molecule has 1 aliphatic heterocycles. The lowest BCUT2D eigenvalue weighted by Crippen LogP contribution is -2.41. The fourth-order valence-electron chi connectivity index (χ4n) is 4.38. The summed E-state index contributed by atoms with van der Waals surface area (Å²) >= 11 is 0. The number of nitrogens with one attached hydrogen (secondary N) is 1. The van der Waals surface area contributed by atoms with Crippen molar-refractivity contribution in [1.29, 1.82) is 0 Å². The molecule has 0 bridgehead atoms. The fourth-order valence-corrected chi connectivity index (χ4v) is 4.38. The molecule has 0 radical (unpaired) electrons. The Labute approximate surface area is 164 Å². The topological polar surface area (TPSA) is 32.3 Å². The first-order valence-electron chi connectivity index (χ1n) is 10.5. The number of allylic oxidation sites excluding steroid dienone is 1. The van der Waals surface area contributed by atoms with Gasteiger partial charge in [0.1, 0.15) is 0 Å². The van der Waals surface area contributed by atoms with E-state index in [4.69, 9.17) is 0 Å². The summed E-state index contributed by atoms with van der Waals surface area (Å²) in [5.74, 6) is 0.785. The van der Waals surface area contributed by atoms with Gasteiger partial charge in [0, 0.05) is 17.0 Å². The molecule has 1 N–H and O–H groups in total. The molecule has 3 heteroatoms. The smallest absolute Gasteiger partial charge is 0.252 e. The molecule has 2 aliphatic rings. The zero-order valence-corrected chi connectivity index (χ0v) is 17.1. The molecular formula is C24H34N2O. The van der Waals surface area contributed by atoms with E-state index >= 15 is 0 Å². The quantitative estimate of drug-likeness (QED) is 0.718. The number of hydrogen-bond donors (Lipinski definition) is 1. The van der Waals surface area contributed by atoms with Crippen molar-refractivity contribution in [2.24, 2.45) is 5.92 Å². The van der Waals surface area contributed by atoms with Gasteiger partial charge in [0.15, 0.2) is 0 Å². The van der Waals surface area contributed by atoms with Gasteiger partial charge in [0.25, 0.3) is 5.91 Å². The Hall–Kier alpha value is -1.87. The third kappa shape index (κ3) is 4.19. The van der Waals surface area contributed by atoms with E-state index in [2.05, 4.69) is 61.8 Å². The minimum Gasteiger partial charge on any atom is -0.346 e. The second-order valence-corrected chi connectivity index (χ2v) is 8.51. The monoisotopic (exact) mass is 366 g/mol. The molecule has 1 aromatic rings. The van der Waals surface area contributed by atoms with E-state index in [0.29, 0.717) is 0 Å². The SMILES string of the molecule is C=CC(CC)NC(=O)C1=CC2(CCN(CCC(C)C)CC2)c2ccccc21. The van der Waals surface area contributed by atoms with E-state index in [0.717, 1.165) is 49.4 Å². The van der Waals surface area contributed by atoms with Crippen LogP contribution in [0.5, 0.6) is 0 Å². The Kier molecular flexibility index (Phi) is 6.21. The van der Waals surface area contributed by atoms with Gasteiger partial charge in [-0.15, -0.1) is 6.58 Å². The molecule has 1 heterocycles. The highest BCUT2D eigenvalue weighted by Crippen LogP contribution is 2.47. The lowest BCUT2D eigenvalue weighted by atomic mass is 9.74. The normalized spacial score (nSPS) is 19.6. The van der Waals surface area contributed by atoms with Gasteiger partial charge in [0.2, 0.25) is 0 Å². The van der Waals surface area contributed by atoms with Crippen LogP contribution in [0.2, 0.25) is 0 Å². The Morgan fingerprint density at radius 2 is 2.00 bits per heavy atom. The molecule has 146 valence electrons. The minimum absolute atomic E-state index is 0.0213. The lowest BCUT2D eigenvalue weighted by molar-refractivity contribution is -0.116. The second kappa shape index (κ2) is 8.43. The molecule has 3 rings (SSSR count). The Balaban J connectivity index is 1.79. The molecule has 0 aromatic heterocycles. The van der Waals surface area contributed by atoms with E-state index in [9.17, 15) is 4.79 Å². The van der Waals surface area contributed by atoms with Crippen LogP contribution >= 0.6 is 0 Å². The van der Waals surface area contributed by atoms with Crippen LogP contribution in [0.3, 0.4) is 0 Å². The molecule has 27 heavy (non-hydrogen) atoms. The van der Waals surface area contributed by atoms with Crippen LogP contribution in [0.1, 0.15) is 57.6 Å². The van der Waals surface area contributed by atoms with Crippen molar-refractivity contribution in [2.75, 3.05) is 19.6 Å². The van der Waals surface area contributed by atoms with E-state index in [-0.39, 0.29) is 17.4 Å². The van der Waals surface area contributed by atoms with Gasteiger partial charge in [-0.2, -0.15) is 0 Å². The molecule has 1 spiro atoms. The van der Waals surface area contributed by atoms with Crippen molar-refractivity contribution >= 4 is 11.5 Å². The molecule has 1 atom stereocenters. The Morgan fingerprint density at radius 1 is 1.30 bits per heavy atom. The third-order valence-electron chi connectivity index (χ3n) is 6.23. The van der Waals surface area contributed by atoms with Crippen LogP contribution in [0.25, 0.3) is 5.57 Å². The number of hydrogen-bond acceptors (Lipinski definition) is 2. The highest BCUT2D eigenvalue weighted by Gasteiger charge is 2.41. The van der Waals surface area contributed by atoms with Crippen molar-refractivity contribution in [1.82, 2.24) is 10.2 Å². The summed E-state index contributed by atoms with van der Waals surface area (Å²) in [5.41, 5.74) is 3.32. The van der Waals surface area contributed by atoms with E-state index in [1.807, 2.05) is 12.1 Å². The summed E-state index contributed by atoms with van der Waals surface area (Å²) in [4.78, 5) is 15.6. The number of nitrogens with zero attached hydrogens (tertiary/aromatic N) is 1. The highest BCUT2D eigenvalue weighted by atomic mass is 16.1. The lowest BCUT2D eigenvalue weighted by Gasteiger charge is -2.39. The molecule has 1 fully saturated rings. The van der Waals surface area contributed by atoms with Crippen LogP contribution in [-0.2, 0) is 10.2 Å². The van der Waals surface area contributed by atoms with E-state index < -0.39 is 0 Å². The summed E-state index contributed by atoms with van der Waals surface area (Å²) < 4.78 is 0. The molecule has 1 aromatic carbocycles. The first-order valence-corrected chi connectivity index (χ1v) is 10.5. The van der Waals surface area contributed by atoms with Crippen LogP contribution < -0.4 is 5.32 Å². The van der Waals surface area contributed by atoms with Crippen LogP contribution in [0.4, 0.5) is 0 Å². The van der Waals surface area contributed by atoms with Crippen molar-refractivity contribution in [3.05, 3.63) is 54.1 Å². The zero-order chi connectivity index (χ0) is 19.4. The predicted octanol–water partition coefficient (Wildman–Crippen LogP) is 4.54.